The van der Waals surface area contributed by atoms with E-state index < -0.39 is 0 Å². The summed E-state index contributed by atoms with van der Waals surface area (Å²) in [5, 5.41) is 12.5. The SMILES string of the molecule is Cc1cc(CNCC2CC2)cc(N2Cc3ccc(-c4ccc(Cl)cc4-c4nncn4C)cc3C2=O)c1. The maximum absolute atomic E-state index is 13.6. The maximum atomic E-state index is 13.6. The lowest BCUT2D eigenvalue weighted by atomic mass is 9.96. The average molecular weight is 498 g/mol. The highest BCUT2D eigenvalue weighted by Gasteiger charge is 2.29. The molecule has 1 aromatic heterocycles. The van der Waals surface area contributed by atoms with Gasteiger partial charge >= 0.3 is 0 Å². The topological polar surface area (TPSA) is 63.0 Å². The maximum Gasteiger partial charge on any atom is 0.258 e. The van der Waals surface area contributed by atoms with E-state index in [0.717, 1.165) is 63.9 Å². The Bertz CT molecular complexity index is 1470. The minimum Gasteiger partial charge on any atom is -0.317 e. The number of hydrogen-bond acceptors (Lipinski definition) is 4. The van der Waals surface area contributed by atoms with Gasteiger partial charge in [-0.25, -0.2) is 0 Å². The molecule has 7 heteroatoms. The molecule has 1 aliphatic carbocycles. The molecule has 6 rings (SSSR count). The number of aromatic nitrogens is 3. The van der Waals surface area contributed by atoms with Crippen LogP contribution in [-0.2, 0) is 20.1 Å². The Morgan fingerprint density at radius 3 is 2.67 bits per heavy atom. The minimum atomic E-state index is 0.0310. The Morgan fingerprint density at radius 1 is 1.03 bits per heavy atom. The van der Waals surface area contributed by atoms with E-state index >= 15 is 0 Å². The van der Waals surface area contributed by atoms with Crippen molar-refractivity contribution >= 4 is 23.2 Å². The number of carbonyl (C=O) groups excluding carboxylic acids is 1. The van der Waals surface area contributed by atoms with Gasteiger partial charge < -0.3 is 14.8 Å². The number of nitrogens with zero attached hydrogens (tertiary/aromatic N) is 4. The predicted molar refractivity (Wildman–Crippen MR) is 143 cm³/mol. The van der Waals surface area contributed by atoms with Crippen molar-refractivity contribution in [1.82, 2.24) is 20.1 Å². The first kappa shape index (κ1) is 23.0. The number of aryl methyl sites for hydroxylation is 2. The van der Waals surface area contributed by atoms with Crippen LogP contribution in [-0.4, -0.2) is 27.2 Å². The molecule has 0 spiro atoms. The lowest BCUT2D eigenvalue weighted by Gasteiger charge is -2.18. The third-order valence-corrected chi connectivity index (χ3v) is 7.29. The normalized spacial score (nSPS) is 15.0. The van der Waals surface area contributed by atoms with E-state index in [1.807, 2.05) is 40.8 Å². The standard InChI is InChI=1S/C29H28ClN5O/c1-18-9-20(15-31-14-19-3-4-19)11-24(10-18)35-16-22-6-5-21(12-26(22)29(35)36)25-8-7-23(30)13-27(25)28-33-32-17-34(28)2/h5-13,17,19,31H,3-4,14-16H2,1-2H3. The number of rotatable bonds is 7. The minimum absolute atomic E-state index is 0.0310. The van der Waals surface area contributed by atoms with E-state index in [1.165, 1.54) is 18.4 Å². The number of fused-ring (bicyclic) bond motifs is 1. The zero-order valence-electron chi connectivity index (χ0n) is 20.5. The molecule has 0 bridgehead atoms. The number of hydrogen-bond donors (Lipinski definition) is 1. The Kier molecular flexibility index (Phi) is 5.86. The lowest BCUT2D eigenvalue weighted by molar-refractivity contribution is 0.0996. The van der Waals surface area contributed by atoms with Crippen LogP contribution in [0.4, 0.5) is 5.69 Å². The van der Waals surface area contributed by atoms with E-state index in [2.05, 4.69) is 52.8 Å². The van der Waals surface area contributed by atoms with Gasteiger partial charge in [0.15, 0.2) is 5.82 Å². The Morgan fingerprint density at radius 2 is 1.89 bits per heavy atom. The van der Waals surface area contributed by atoms with Crippen molar-refractivity contribution in [2.24, 2.45) is 13.0 Å². The van der Waals surface area contributed by atoms with Crippen molar-refractivity contribution in [3.05, 3.63) is 88.2 Å². The number of benzene rings is 3. The lowest BCUT2D eigenvalue weighted by Crippen LogP contribution is -2.23. The number of nitrogens with one attached hydrogen (secondary N) is 1. The first-order valence-corrected chi connectivity index (χ1v) is 12.7. The summed E-state index contributed by atoms with van der Waals surface area (Å²) in [6.45, 7) is 4.56. The van der Waals surface area contributed by atoms with Crippen molar-refractivity contribution in [2.75, 3.05) is 11.4 Å². The third-order valence-electron chi connectivity index (χ3n) is 7.05. The number of halogens is 1. The number of amides is 1. The number of carbonyl (C=O) groups is 1. The molecule has 1 aliphatic heterocycles. The fourth-order valence-electron chi connectivity index (χ4n) is 5.00. The van der Waals surface area contributed by atoms with Crippen molar-refractivity contribution in [3.8, 4) is 22.5 Å². The fourth-order valence-corrected chi connectivity index (χ4v) is 5.17. The highest BCUT2D eigenvalue weighted by Crippen LogP contribution is 2.37. The zero-order chi connectivity index (χ0) is 24.8. The quantitative estimate of drug-likeness (QED) is 0.352. The molecule has 6 nitrogen and oxygen atoms in total. The molecule has 1 fully saturated rings. The smallest absolute Gasteiger partial charge is 0.258 e. The highest BCUT2D eigenvalue weighted by atomic mass is 35.5. The van der Waals surface area contributed by atoms with Crippen LogP contribution >= 0.6 is 11.6 Å². The molecule has 0 atom stereocenters. The van der Waals surface area contributed by atoms with E-state index in [9.17, 15) is 4.79 Å². The molecule has 0 saturated heterocycles. The fraction of sp³-hybridized carbons (Fsp3) is 0.276. The van der Waals surface area contributed by atoms with Crippen LogP contribution in [0.5, 0.6) is 0 Å². The molecule has 36 heavy (non-hydrogen) atoms. The van der Waals surface area contributed by atoms with Gasteiger partial charge in [-0.3, -0.25) is 4.79 Å². The van der Waals surface area contributed by atoms with Gasteiger partial charge in [0.2, 0.25) is 0 Å². The molecule has 2 heterocycles. The molecular weight excluding hydrogens is 470 g/mol. The molecule has 4 aromatic rings. The Labute approximate surface area is 215 Å². The van der Waals surface area contributed by atoms with Crippen LogP contribution < -0.4 is 10.2 Å². The van der Waals surface area contributed by atoms with Crippen LogP contribution in [0.15, 0.2) is 60.9 Å². The summed E-state index contributed by atoms with van der Waals surface area (Å²) >= 11 is 6.33. The summed E-state index contributed by atoms with van der Waals surface area (Å²) in [4.78, 5) is 15.5. The second-order valence-corrected chi connectivity index (χ2v) is 10.4. The molecule has 182 valence electrons. The van der Waals surface area contributed by atoms with Crippen molar-refractivity contribution in [1.29, 1.82) is 0 Å². The van der Waals surface area contributed by atoms with Crippen LogP contribution in [0.3, 0.4) is 0 Å². The van der Waals surface area contributed by atoms with Gasteiger partial charge in [-0.2, -0.15) is 0 Å². The second kappa shape index (κ2) is 9.19. The van der Waals surface area contributed by atoms with Crippen molar-refractivity contribution in [2.45, 2.75) is 32.9 Å². The Balaban J connectivity index is 1.30. The molecular formula is C29H28ClN5O. The first-order chi connectivity index (χ1) is 17.5. The van der Waals surface area contributed by atoms with Gasteiger partial charge in [0.05, 0.1) is 6.54 Å². The summed E-state index contributed by atoms with van der Waals surface area (Å²) in [6.07, 6.45) is 4.34. The summed E-state index contributed by atoms with van der Waals surface area (Å²) in [6, 6.07) is 18.3. The van der Waals surface area contributed by atoms with Gasteiger partial charge in [-0.15, -0.1) is 10.2 Å². The Hall–Kier alpha value is -3.48. The molecule has 2 aliphatic rings. The monoisotopic (exact) mass is 497 g/mol. The molecule has 1 amide bonds. The first-order valence-electron chi connectivity index (χ1n) is 12.4. The molecule has 0 unspecified atom stereocenters. The summed E-state index contributed by atoms with van der Waals surface area (Å²) in [7, 11) is 1.90. The van der Waals surface area contributed by atoms with E-state index in [0.29, 0.717) is 11.6 Å². The van der Waals surface area contributed by atoms with Crippen molar-refractivity contribution < 1.29 is 4.79 Å². The summed E-state index contributed by atoms with van der Waals surface area (Å²) in [5.74, 6) is 1.60. The molecule has 3 aromatic carbocycles. The second-order valence-electron chi connectivity index (χ2n) is 9.97. The van der Waals surface area contributed by atoms with Gasteiger partial charge in [-0.05, 0) is 90.4 Å². The average Bonchev–Trinajstić information content (AvgIpc) is 3.49. The van der Waals surface area contributed by atoms with Gasteiger partial charge in [-0.1, -0.05) is 35.9 Å². The number of anilines is 1. The van der Waals surface area contributed by atoms with E-state index in [-0.39, 0.29) is 5.91 Å². The van der Waals surface area contributed by atoms with Gasteiger partial charge in [0.1, 0.15) is 6.33 Å². The zero-order valence-corrected chi connectivity index (χ0v) is 21.2. The molecule has 0 radical (unpaired) electrons. The molecule has 1 N–H and O–H groups in total. The largest absolute Gasteiger partial charge is 0.317 e. The van der Waals surface area contributed by atoms with E-state index in [1.54, 1.807) is 6.33 Å². The summed E-state index contributed by atoms with van der Waals surface area (Å²) in [5.41, 5.74) is 7.89. The summed E-state index contributed by atoms with van der Waals surface area (Å²) < 4.78 is 1.87. The van der Waals surface area contributed by atoms with E-state index in [4.69, 9.17) is 11.6 Å². The van der Waals surface area contributed by atoms with Gasteiger partial charge in [0.25, 0.3) is 5.91 Å². The third kappa shape index (κ3) is 4.43. The van der Waals surface area contributed by atoms with Crippen LogP contribution in [0, 0.1) is 12.8 Å². The predicted octanol–water partition coefficient (Wildman–Crippen LogP) is 5.77. The van der Waals surface area contributed by atoms with Crippen molar-refractivity contribution in [3.63, 3.8) is 0 Å². The highest BCUT2D eigenvalue weighted by molar-refractivity contribution is 6.31. The van der Waals surface area contributed by atoms with Crippen LogP contribution in [0.1, 0.15) is 39.9 Å². The van der Waals surface area contributed by atoms with Gasteiger partial charge in [0, 0.05) is 35.4 Å². The van der Waals surface area contributed by atoms with Crippen LogP contribution in [0.2, 0.25) is 5.02 Å². The molecule has 1 saturated carbocycles. The van der Waals surface area contributed by atoms with Crippen LogP contribution in [0.25, 0.3) is 22.5 Å².